The Morgan fingerprint density at radius 3 is 2.76 bits per heavy atom. The molecule has 0 unspecified atom stereocenters. The molecule has 1 amide bonds. The standard InChI is InChI=1S/C19H19FN2O3/c1-22-11-14(13-6-2-4-8-16(13)22)17(23)10-21-19(24)12-25-18-9-5-3-7-15(18)20/h2-9,11,17,23H,10,12H2,1H3,(H,21,24)/t17-/m0/s1. The highest BCUT2D eigenvalue weighted by Gasteiger charge is 2.15. The number of aliphatic hydroxyl groups excluding tert-OH is 1. The van der Waals surface area contributed by atoms with E-state index in [2.05, 4.69) is 5.32 Å². The smallest absolute Gasteiger partial charge is 0.258 e. The van der Waals surface area contributed by atoms with E-state index >= 15 is 0 Å². The number of halogens is 1. The van der Waals surface area contributed by atoms with Crippen LogP contribution in [0.25, 0.3) is 10.9 Å². The number of hydrogen-bond acceptors (Lipinski definition) is 3. The van der Waals surface area contributed by atoms with E-state index < -0.39 is 17.8 Å². The van der Waals surface area contributed by atoms with Crippen molar-refractivity contribution in [3.05, 3.63) is 66.1 Å². The van der Waals surface area contributed by atoms with Crippen LogP contribution in [0, 0.1) is 5.82 Å². The summed E-state index contributed by atoms with van der Waals surface area (Å²) in [6.07, 6.45) is 1.00. The number of carbonyl (C=O) groups excluding carboxylic acids is 1. The molecule has 130 valence electrons. The highest BCUT2D eigenvalue weighted by atomic mass is 19.1. The van der Waals surface area contributed by atoms with E-state index in [1.54, 1.807) is 12.1 Å². The van der Waals surface area contributed by atoms with Gasteiger partial charge in [-0.2, -0.15) is 0 Å². The second kappa shape index (κ2) is 7.36. The minimum Gasteiger partial charge on any atom is -0.481 e. The maximum Gasteiger partial charge on any atom is 0.258 e. The Morgan fingerprint density at radius 1 is 1.24 bits per heavy atom. The molecule has 1 heterocycles. The molecular weight excluding hydrogens is 323 g/mol. The zero-order valence-electron chi connectivity index (χ0n) is 13.8. The van der Waals surface area contributed by atoms with Crippen LogP contribution in [0.1, 0.15) is 11.7 Å². The lowest BCUT2D eigenvalue weighted by atomic mass is 10.1. The van der Waals surface area contributed by atoms with Gasteiger partial charge in [0.05, 0.1) is 6.10 Å². The number of fused-ring (bicyclic) bond motifs is 1. The highest BCUT2D eigenvalue weighted by Crippen LogP contribution is 2.25. The predicted octanol–water partition coefficient (Wildman–Crippen LogP) is 2.55. The largest absolute Gasteiger partial charge is 0.481 e. The van der Waals surface area contributed by atoms with Crippen molar-refractivity contribution in [1.29, 1.82) is 0 Å². The number of para-hydroxylation sites is 2. The summed E-state index contributed by atoms with van der Waals surface area (Å²) < 4.78 is 20.5. The molecule has 0 bridgehead atoms. The van der Waals surface area contributed by atoms with Crippen LogP contribution in [-0.2, 0) is 11.8 Å². The fraction of sp³-hybridized carbons (Fsp3) is 0.211. The van der Waals surface area contributed by atoms with Gasteiger partial charge in [-0.25, -0.2) is 4.39 Å². The first-order chi connectivity index (χ1) is 12.1. The van der Waals surface area contributed by atoms with Gasteiger partial charge in [0.15, 0.2) is 18.2 Å². The van der Waals surface area contributed by atoms with E-state index in [4.69, 9.17) is 4.74 Å². The summed E-state index contributed by atoms with van der Waals surface area (Å²) in [6, 6.07) is 13.6. The number of aliphatic hydroxyl groups is 1. The molecule has 0 spiro atoms. The quantitative estimate of drug-likeness (QED) is 0.724. The minimum absolute atomic E-state index is 0.0206. The van der Waals surface area contributed by atoms with Crippen LogP contribution in [0.5, 0.6) is 5.75 Å². The third-order valence-electron chi connectivity index (χ3n) is 3.97. The van der Waals surface area contributed by atoms with Gasteiger partial charge in [-0.3, -0.25) is 4.79 Å². The predicted molar refractivity (Wildman–Crippen MR) is 92.8 cm³/mol. The topological polar surface area (TPSA) is 63.5 Å². The van der Waals surface area contributed by atoms with E-state index in [1.165, 1.54) is 12.1 Å². The van der Waals surface area contributed by atoms with Gasteiger partial charge in [0.2, 0.25) is 0 Å². The summed E-state index contributed by atoms with van der Waals surface area (Å²) in [5, 5.41) is 13.9. The van der Waals surface area contributed by atoms with Gasteiger partial charge in [-0.05, 0) is 18.2 Å². The van der Waals surface area contributed by atoms with Gasteiger partial charge < -0.3 is 19.7 Å². The van der Waals surface area contributed by atoms with E-state index in [-0.39, 0.29) is 18.9 Å². The van der Waals surface area contributed by atoms with Crippen molar-refractivity contribution in [2.75, 3.05) is 13.2 Å². The van der Waals surface area contributed by atoms with Crippen LogP contribution >= 0.6 is 0 Å². The third kappa shape index (κ3) is 3.80. The molecule has 25 heavy (non-hydrogen) atoms. The number of ether oxygens (including phenoxy) is 1. The second-order valence-corrected chi connectivity index (χ2v) is 5.75. The first kappa shape index (κ1) is 17.0. The Bertz CT molecular complexity index is 891. The van der Waals surface area contributed by atoms with Crippen molar-refractivity contribution in [1.82, 2.24) is 9.88 Å². The van der Waals surface area contributed by atoms with Gasteiger partial charge in [-0.1, -0.05) is 30.3 Å². The monoisotopic (exact) mass is 342 g/mol. The molecule has 3 rings (SSSR count). The molecule has 0 aliphatic carbocycles. The molecule has 2 aromatic carbocycles. The van der Waals surface area contributed by atoms with Crippen LogP contribution in [-0.4, -0.2) is 28.7 Å². The molecule has 2 N–H and O–H groups in total. The van der Waals surface area contributed by atoms with Crippen molar-refractivity contribution in [2.45, 2.75) is 6.10 Å². The minimum atomic E-state index is -0.844. The summed E-state index contributed by atoms with van der Waals surface area (Å²) in [6.45, 7) is -0.267. The lowest BCUT2D eigenvalue weighted by Gasteiger charge is -2.12. The van der Waals surface area contributed by atoms with Gasteiger partial charge >= 0.3 is 0 Å². The number of aromatic nitrogens is 1. The zero-order chi connectivity index (χ0) is 17.8. The summed E-state index contributed by atoms with van der Waals surface area (Å²) in [5.74, 6) is -0.930. The van der Waals surface area contributed by atoms with E-state index in [1.807, 2.05) is 42.1 Å². The SMILES string of the molecule is Cn1cc([C@@H](O)CNC(=O)COc2ccccc2F)c2ccccc21. The molecule has 0 radical (unpaired) electrons. The summed E-state index contributed by atoms with van der Waals surface area (Å²) in [4.78, 5) is 11.9. The summed E-state index contributed by atoms with van der Waals surface area (Å²) in [7, 11) is 1.90. The second-order valence-electron chi connectivity index (χ2n) is 5.75. The average Bonchev–Trinajstić information content (AvgIpc) is 2.96. The van der Waals surface area contributed by atoms with Crippen molar-refractivity contribution < 1.29 is 19.0 Å². The molecule has 0 saturated heterocycles. The Labute approximate surface area is 144 Å². The molecule has 0 saturated carbocycles. The summed E-state index contributed by atoms with van der Waals surface area (Å²) in [5.41, 5.74) is 1.75. The van der Waals surface area contributed by atoms with Crippen LogP contribution < -0.4 is 10.1 Å². The maximum atomic E-state index is 13.4. The molecule has 1 aromatic heterocycles. The summed E-state index contributed by atoms with van der Waals surface area (Å²) >= 11 is 0. The number of aryl methyl sites for hydroxylation is 1. The number of rotatable bonds is 6. The van der Waals surface area contributed by atoms with E-state index in [0.29, 0.717) is 0 Å². The Balaban J connectivity index is 1.57. The van der Waals surface area contributed by atoms with E-state index in [9.17, 15) is 14.3 Å². The fourth-order valence-electron chi connectivity index (χ4n) is 2.72. The zero-order valence-corrected chi connectivity index (χ0v) is 13.8. The molecule has 6 heteroatoms. The Kier molecular flexibility index (Phi) is 5.00. The Hall–Kier alpha value is -2.86. The molecule has 0 fully saturated rings. The lowest BCUT2D eigenvalue weighted by Crippen LogP contribution is -2.32. The first-order valence-corrected chi connectivity index (χ1v) is 7.92. The number of amides is 1. The first-order valence-electron chi connectivity index (χ1n) is 7.92. The number of benzene rings is 2. The van der Waals surface area contributed by atoms with Crippen molar-refractivity contribution >= 4 is 16.8 Å². The third-order valence-corrected chi connectivity index (χ3v) is 3.97. The molecule has 3 aromatic rings. The van der Waals surface area contributed by atoms with Gasteiger partial charge in [-0.15, -0.1) is 0 Å². The number of hydrogen-bond donors (Lipinski definition) is 2. The van der Waals surface area contributed by atoms with Crippen molar-refractivity contribution in [2.24, 2.45) is 7.05 Å². The lowest BCUT2D eigenvalue weighted by molar-refractivity contribution is -0.123. The Morgan fingerprint density at radius 2 is 1.96 bits per heavy atom. The molecule has 5 nitrogen and oxygen atoms in total. The van der Waals surface area contributed by atoms with Crippen LogP contribution in [0.3, 0.4) is 0 Å². The van der Waals surface area contributed by atoms with Gasteiger partial charge in [0.1, 0.15) is 0 Å². The van der Waals surface area contributed by atoms with Crippen molar-refractivity contribution in [3.63, 3.8) is 0 Å². The van der Waals surface area contributed by atoms with Crippen LogP contribution in [0.2, 0.25) is 0 Å². The number of nitrogens with one attached hydrogen (secondary N) is 1. The molecule has 0 aliphatic heterocycles. The van der Waals surface area contributed by atoms with Crippen LogP contribution in [0.4, 0.5) is 4.39 Å². The molecular formula is C19H19FN2O3. The average molecular weight is 342 g/mol. The maximum absolute atomic E-state index is 13.4. The number of carbonyl (C=O) groups is 1. The highest BCUT2D eigenvalue weighted by molar-refractivity contribution is 5.84. The van der Waals surface area contributed by atoms with Gasteiger partial charge in [0.25, 0.3) is 5.91 Å². The molecule has 1 atom stereocenters. The van der Waals surface area contributed by atoms with E-state index in [0.717, 1.165) is 16.5 Å². The van der Waals surface area contributed by atoms with Crippen LogP contribution in [0.15, 0.2) is 54.7 Å². The fourth-order valence-corrected chi connectivity index (χ4v) is 2.72. The molecule has 0 aliphatic rings. The van der Waals surface area contributed by atoms with Crippen molar-refractivity contribution in [3.8, 4) is 5.75 Å². The number of nitrogens with zero attached hydrogens (tertiary/aromatic N) is 1. The normalized spacial score (nSPS) is 12.1. The van der Waals surface area contributed by atoms with Gasteiger partial charge in [0, 0.05) is 36.3 Å².